The number of carbonyl (C=O) groups is 1. The molecule has 4 nitrogen and oxygen atoms in total. The third-order valence-electron chi connectivity index (χ3n) is 4.57. The smallest absolute Gasteiger partial charge is 0.223 e. The molecule has 1 atom stereocenters. The standard InChI is InChI=1S/C20H24ClNO3S/c1-24-18-7-3-2-5-15(18)13-22(14-16-6-4-12-25-16)20(23)11-9-17-8-10-19(21)26-17/h2-3,5,7-8,10,16H,4,6,9,11-14H2,1H3. The van der Waals surface area contributed by atoms with Gasteiger partial charge in [0, 0.05) is 36.6 Å². The van der Waals surface area contributed by atoms with Crippen molar-refractivity contribution in [1.29, 1.82) is 0 Å². The minimum absolute atomic E-state index is 0.129. The van der Waals surface area contributed by atoms with Crippen LogP contribution in [0.3, 0.4) is 0 Å². The number of ether oxygens (including phenoxy) is 2. The van der Waals surface area contributed by atoms with Crippen LogP contribution in [0.2, 0.25) is 4.34 Å². The highest BCUT2D eigenvalue weighted by Crippen LogP contribution is 2.24. The monoisotopic (exact) mass is 393 g/mol. The van der Waals surface area contributed by atoms with Crippen LogP contribution in [0.15, 0.2) is 36.4 Å². The molecule has 0 radical (unpaired) electrons. The summed E-state index contributed by atoms with van der Waals surface area (Å²) in [6.45, 7) is 1.95. The Bertz CT molecular complexity index is 727. The van der Waals surface area contributed by atoms with Crippen molar-refractivity contribution in [3.8, 4) is 5.75 Å². The molecule has 1 unspecified atom stereocenters. The van der Waals surface area contributed by atoms with Gasteiger partial charge in [0.25, 0.3) is 0 Å². The molecule has 0 spiro atoms. The normalized spacial score (nSPS) is 16.6. The minimum atomic E-state index is 0.129. The minimum Gasteiger partial charge on any atom is -0.496 e. The van der Waals surface area contributed by atoms with Gasteiger partial charge in [-0.1, -0.05) is 29.8 Å². The van der Waals surface area contributed by atoms with Crippen molar-refractivity contribution in [2.45, 2.75) is 38.3 Å². The Hall–Kier alpha value is -1.56. The molecule has 26 heavy (non-hydrogen) atoms. The van der Waals surface area contributed by atoms with Gasteiger partial charge in [-0.15, -0.1) is 11.3 Å². The van der Waals surface area contributed by atoms with E-state index in [1.54, 1.807) is 7.11 Å². The van der Waals surface area contributed by atoms with Gasteiger partial charge in [-0.05, 0) is 37.5 Å². The van der Waals surface area contributed by atoms with E-state index >= 15 is 0 Å². The van der Waals surface area contributed by atoms with E-state index in [1.165, 1.54) is 11.3 Å². The molecule has 1 aliphatic rings. The molecule has 140 valence electrons. The zero-order valence-corrected chi connectivity index (χ0v) is 16.5. The predicted octanol–water partition coefficient (Wildman–Crippen LogP) is 4.55. The maximum Gasteiger partial charge on any atom is 0.223 e. The van der Waals surface area contributed by atoms with E-state index in [2.05, 4.69) is 0 Å². The molecule has 1 aliphatic heterocycles. The number of amides is 1. The summed E-state index contributed by atoms with van der Waals surface area (Å²) in [6, 6.07) is 11.7. The highest BCUT2D eigenvalue weighted by molar-refractivity contribution is 7.16. The maximum absolute atomic E-state index is 12.9. The fourth-order valence-corrected chi connectivity index (χ4v) is 4.29. The number of carbonyl (C=O) groups excluding carboxylic acids is 1. The van der Waals surface area contributed by atoms with E-state index in [1.807, 2.05) is 41.3 Å². The third-order valence-corrected chi connectivity index (χ3v) is 5.86. The molecule has 0 aliphatic carbocycles. The number of para-hydroxylation sites is 1. The van der Waals surface area contributed by atoms with Gasteiger partial charge in [-0.3, -0.25) is 4.79 Å². The lowest BCUT2D eigenvalue weighted by atomic mass is 10.1. The van der Waals surface area contributed by atoms with Gasteiger partial charge in [0.05, 0.1) is 17.6 Å². The maximum atomic E-state index is 12.9. The number of aryl methyl sites for hydroxylation is 1. The van der Waals surface area contributed by atoms with Crippen LogP contribution in [0, 0.1) is 0 Å². The SMILES string of the molecule is COc1ccccc1CN(CC1CCCO1)C(=O)CCc1ccc(Cl)s1. The molecule has 6 heteroatoms. The van der Waals surface area contributed by atoms with Gasteiger partial charge in [0.1, 0.15) is 5.75 Å². The first-order valence-electron chi connectivity index (χ1n) is 8.91. The summed E-state index contributed by atoms with van der Waals surface area (Å²) in [5.74, 6) is 0.943. The second kappa shape index (κ2) is 9.40. The molecule has 1 aromatic carbocycles. The molecule has 0 bridgehead atoms. The quantitative estimate of drug-likeness (QED) is 0.660. The molecule has 0 N–H and O–H groups in total. The van der Waals surface area contributed by atoms with Crippen LogP contribution in [-0.2, 0) is 22.5 Å². The van der Waals surface area contributed by atoms with Crippen LogP contribution >= 0.6 is 22.9 Å². The van der Waals surface area contributed by atoms with Gasteiger partial charge >= 0.3 is 0 Å². The van der Waals surface area contributed by atoms with Gasteiger partial charge in [0.15, 0.2) is 0 Å². The molecule has 1 saturated heterocycles. The van der Waals surface area contributed by atoms with Gasteiger partial charge in [-0.2, -0.15) is 0 Å². The molecule has 2 aromatic rings. The number of thiophene rings is 1. The number of rotatable bonds is 8. The van der Waals surface area contributed by atoms with Gasteiger partial charge < -0.3 is 14.4 Å². The molecule has 3 rings (SSSR count). The average Bonchev–Trinajstić information content (AvgIpc) is 3.31. The highest BCUT2D eigenvalue weighted by Gasteiger charge is 2.23. The molecule has 1 amide bonds. The summed E-state index contributed by atoms with van der Waals surface area (Å²) in [5, 5.41) is 0. The lowest BCUT2D eigenvalue weighted by molar-refractivity contribution is -0.133. The Balaban J connectivity index is 1.68. The van der Waals surface area contributed by atoms with Crippen LogP contribution < -0.4 is 4.74 Å². The number of hydrogen-bond donors (Lipinski definition) is 0. The van der Waals surface area contributed by atoms with Crippen LogP contribution in [0.5, 0.6) is 5.75 Å². The molecular weight excluding hydrogens is 370 g/mol. The zero-order chi connectivity index (χ0) is 18.4. The van der Waals surface area contributed by atoms with E-state index in [0.29, 0.717) is 25.9 Å². The van der Waals surface area contributed by atoms with Crippen LogP contribution in [0.25, 0.3) is 0 Å². The fraction of sp³-hybridized carbons (Fsp3) is 0.450. The van der Waals surface area contributed by atoms with E-state index in [0.717, 1.165) is 40.0 Å². The summed E-state index contributed by atoms with van der Waals surface area (Å²) in [7, 11) is 1.66. The van der Waals surface area contributed by atoms with E-state index in [9.17, 15) is 4.79 Å². The lowest BCUT2D eigenvalue weighted by Crippen LogP contribution is -2.37. The number of hydrogen-bond acceptors (Lipinski definition) is 4. The lowest BCUT2D eigenvalue weighted by Gasteiger charge is -2.26. The van der Waals surface area contributed by atoms with Crippen molar-refractivity contribution >= 4 is 28.8 Å². The Kier molecular flexibility index (Phi) is 6.94. The number of methoxy groups -OCH3 is 1. The Morgan fingerprint density at radius 1 is 1.35 bits per heavy atom. The topological polar surface area (TPSA) is 38.8 Å². The van der Waals surface area contributed by atoms with Crippen molar-refractivity contribution in [3.05, 3.63) is 51.2 Å². The van der Waals surface area contributed by atoms with Gasteiger partial charge in [0.2, 0.25) is 5.91 Å². The molecule has 2 heterocycles. The first kappa shape index (κ1) is 19.2. The second-order valence-electron chi connectivity index (χ2n) is 6.43. The Morgan fingerprint density at radius 3 is 2.88 bits per heavy atom. The number of nitrogens with zero attached hydrogens (tertiary/aromatic N) is 1. The first-order chi connectivity index (χ1) is 12.7. The zero-order valence-electron chi connectivity index (χ0n) is 14.9. The summed E-state index contributed by atoms with van der Waals surface area (Å²) in [4.78, 5) is 16.0. The first-order valence-corrected chi connectivity index (χ1v) is 10.1. The largest absolute Gasteiger partial charge is 0.496 e. The molecule has 0 saturated carbocycles. The summed E-state index contributed by atoms with van der Waals surface area (Å²) >= 11 is 7.52. The summed E-state index contributed by atoms with van der Waals surface area (Å²) in [6.07, 6.45) is 3.39. The van der Waals surface area contributed by atoms with Crippen LogP contribution in [0.4, 0.5) is 0 Å². The van der Waals surface area contributed by atoms with Crippen molar-refractivity contribution in [1.82, 2.24) is 4.90 Å². The van der Waals surface area contributed by atoms with E-state index in [4.69, 9.17) is 21.1 Å². The van der Waals surface area contributed by atoms with E-state index in [-0.39, 0.29) is 12.0 Å². The molecule has 1 aromatic heterocycles. The van der Waals surface area contributed by atoms with Crippen molar-refractivity contribution in [2.24, 2.45) is 0 Å². The Labute approximate surface area is 163 Å². The van der Waals surface area contributed by atoms with Crippen molar-refractivity contribution in [2.75, 3.05) is 20.3 Å². The van der Waals surface area contributed by atoms with Crippen molar-refractivity contribution in [3.63, 3.8) is 0 Å². The third kappa shape index (κ3) is 5.22. The van der Waals surface area contributed by atoms with Crippen molar-refractivity contribution < 1.29 is 14.3 Å². The van der Waals surface area contributed by atoms with Crippen LogP contribution in [-0.4, -0.2) is 37.2 Å². The average molecular weight is 394 g/mol. The second-order valence-corrected chi connectivity index (χ2v) is 8.23. The number of halogens is 1. The van der Waals surface area contributed by atoms with Gasteiger partial charge in [-0.25, -0.2) is 0 Å². The summed E-state index contributed by atoms with van der Waals surface area (Å²) < 4.78 is 12.0. The fourth-order valence-electron chi connectivity index (χ4n) is 3.20. The predicted molar refractivity (Wildman–Crippen MR) is 105 cm³/mol. The van der Waals surface area contributed by atoms with E-state index < -0.39 is 0 Å². The molecular formula is C20H24ClNO3S. The summed E-state index contributed by atoms with van der Waals surface area (Å²) in [5.41, 5.74) is 1.01. The Morgan fingerprint density at radius 2 is 2.19 bits per heavy atom. The number of benzene rings is 1. The highest BCUT2D eigenvalue weighted by atomic mass is 35.5. The van der Waals surface area contributed by atoms with Crippen LogP contribution in [0.1, 0.15) is 29.7 Å². The molecule has 1 fully saturated rings.